The zero-order valence-corrected chi connectivity index (χ0v) is 9.33. The van der Waals surface area contributed by atoms with Gasteiger partial charge in [0, 0.05) is 8.95 Å². The van der Waals surface area contributed by atoms with Crippen LogP contribution in [-0.4, -0.2) is 4.98 Å². The van der Waals surface area contributed by atoms with Crippen LogP contribution in [0.1, 0.15) is 0 Å². The van der Waals surface area contributed by atoms with E-state index in [9.17, 15) is 0 Å². The lowest BCUT2D eigenvalue weighted by atomic mass is 10.3. The molecule has 1 aromatic carbocycles. The lowest BCUT2D eigenvalue weighted by molar-refractivity contribution is 1.49. The molecule has 0 spiro atoms. The highest BCUT2D eigenvalue weighted by atomic mass is 79.9. The topological polar surface area (TPSA) is 12.9 Å². The van der Waals surface area contributed by atoms with Gasteiger partial charge in [-0.3, -0.25) is 0 Å². The van der Waals surface area contributed by atoms with Crippen molar-refractivity contribution in [1.29, 1.82) is 0 Å². The van der Waals surface area contributed by atoms with Crippen LogP contribution in [0.4, 0.5) is 0 Å². The number of hydrogen-bond donors (Lipinski definition) is 0. The van der Waals surface area contributed by atoms with Crippen molar-refractivity contribution in [3.63, 3.8) is 0 Å². The van der Waals surface area contributed by atoms with Crippen molar-refractivity contribution in [2.24, 2.45) is 0 Å². The molecule has 0 N–H and O–H groups in total. The van der Waals surface area contributed by atoms with Gasteiger partial charge in [-0.15, -0.1) is 11.3 Å². The molecule has 0 fully saturated rings. The summed E-state index contributed by atoms with van der Waals surface area (Å²) in [5.74, 6) is 0. The number of halogens is 2. The van der Waals surface area contributed by atoms with Gasteiger partial charge in [0.25, 0.3) is 0 Å². The van der Waals surface area contributed by atoms with Crippen molar-refractivity contribution in [2.45, 2.75) is 0 Å². The number of rotatable bonds is 0. The Bertz CT molecular complexity index is 396. The molecule has 4 heteroatoms. The maximum atomic E-state index is 4.20. The maximum absolute atomic E-state index is 4.20. The minimum absolute atomic E-state index is 1.04. The van der Waals surface area contributed by atoms with Gasteiger partial charge in [0.2, 0.25) is 0 Å². The first kappa shape index (κ1) is 7.71. The SMILES string of the molecule is Brc1cc(Br)c2scnc2c1. The predicted molar refractivity (Wildman–Crippen MR) is 55.0 cm³/mol. The molecule has 0 unspecified atom stereocenters. The maximum Gasteiger partial charge on any atom is 0.0834 e. The normalized spacial score (nSPS) is 10.7. The summed E-state index contributed by atoms with van der Waals surface area (Å²) in [7, 11) is 0. The van der Waals surface area contributed by atoms with Gasteiger partial charge in [-0.1, -0.05) is 15.9 Å². The van der Waals surface area contributed by atoms with E-state index in [2.05, 4.69) is 36.8 Å². The lowest BCUT2D eigenvalue weighted by Gasteiger charge is -1.93. The monoisotopic (exact) mass is 291 g/mol. The second-order valence-corrected chi connectivity index (χ2v) is 4.71. The molecule has 1 aromatic heterocycles. The van der Waals surface area contributed by atoms with E-state index in [1.807, 2.05) is 17.6 Å². The molecule has 0 atom stereocenters. The number of aromatic nitrogens is 1. The summed E-state index contributed by atoms with van der Waals surface area (Å²) in [6.07, 6.45) is 0. The Kier molecular flexibility index (Phi) is 1.99. The standard InChI is InChI=1S/C7H3Br2NS/c8-4-1-5(9)7-6(2-4)10-3-11-7/h1-3H. The average molecular weight is 293 g/mol. The first-order valence-electron chi connectivity index (χ1n) is 2.95. The number of nitrogens with zero attached hydrogens (tertiary/aromatic N) is 1. The molecule has 1 heterocycles. The number of benzene rings is 1. The van der Waals surface area contributed by atoms with E-state index in [1.54, 1.807) is 11.3 Å². The summed E-state index contributed by atoms with van der Waals surface area (Å²) in [6, 6.07) is 4.04. The van der Waals surface area contributed by atoms with Crippen molar-refractivity contribution in [3.8, 4) is 0 Å². The molecule has 11 heavy (non-hydrogen) atoms. The quantitative estimate of drug-likeness (QED) is 0.719. The minimum atomic E-state index is 1.04. The Labute approximate surface area is 84.7 Å². The Morgan fingerprint density at radius 3 is 2.91 bits per heavy atom. The summed E-state index contributed by atoms with van der Waals surface area (Å²) >= 11 is 8.51. The van der Waals surface area contributed by atoms with Crippen molar-refractivity contribution in [2.75, 3.05) is 0 Å². The van der Waals surface area contributed by atoms with Gasteiger partial charge in [0.05, 0.1) is 15.7 Å². The van der Waals surface area contributed by atoms with Crippen molar-refractivity contribution in [1.82, 2.24) is 4.98 Å². The zero-order chi connectivity index (χ0) is 7.84. The highest BCUT2D eigenvalue weighted by Crippen LogP contribution is 2.30. The summed E-state index contributed by atoms with van der Waals surface area (Å²) in [5, 5.41) is 0. The van der Waals surface area contributed by atoms with Gasteiger partial charge < -0.3 is 0 Å². The molecule has 0 saturated heterocycles. The van der Waals surface area contributed by atoms with Crippen LogP contribution in [0.5, 0.6) is 0 Å². The molecule has 0 saturated carbocycles. The highest BCUT2D eigenvalue weighted by molar-refractivity contribution is 9.11. The fourth-order valence-corrected chi connectivity index (χ4v) is 3.05. The molecule has 56 valence electrons. The molecule has 0 amide bonds. The highest BCUT2D eigenvalue weighted by Gasteiger charge is 2.01. The second-order valence-electron chi connectivity index (χ2n) is 2.09. The van der Waals surface area contributed by atoms with Crippen LogP contribution in [0.15, 0.2) is 26.6 Å². The molecular weight excluding hydrogens is 290 g/mol. The molecule has 0 radical (unpaired) electrons. The first-order chi connectivity index (χ1) is 5.27. The smallest absolute Gasteiger partial charge is 0.0834 e. The Morgan fingerprint density at radius 1 is 1.27 bits per heavy atom. The fraction of sp³-hybridized carbons (Fsp3) is 0. The number of fused-ring (bicyclic) bond motifs is 1. The molecule has 0 aliphatic rings. The third kappa shape index (κ3) is 1.35. The summed E-state index contributed by atoms with van der Waals surface area (Å²) in [6.45, 7) is 0. The van der Waals surface area contributed by atoms with Crippen molar-refractivity contribution >= 4 is 53.4 Å². The van der Waals surface area contributed by atoms with Gasteiger partial charge in [0.15, 0.2) is 0 Å². The van der Waals surface area contributed by atoms with E-state index in [4.69, 9.17) is 0 Å². The minimum Gasteiger partial charge on any atom is -0.245 e. The molecule has 2 aromatic rings. The van der Waals surface area contributed by atoms with Crippen LogP contribution < -0.4 is 0 Å². The van der Waals surface area contributed by atoms with Gasteiger partial charge in [-0.05, 0) is 28.1 Å². The van der Waals surface area contributed by atoms with E-state index >= 15 is 0 Å². The molecule has 0 aliphatic carbocycles. The van der Waals surface area contributed by atoms with Crippen LogP contribution >= 0.6 is 43.2 Å². The van der Waals surface area contributed by atoms with Crippen molar-refractivity contribution < 1.29 is 0 Å². The van der Waals surface area contributed by atoms with E-state index in [-0.39, 0.29) is 0 Å². The van der Waals surface area contributed by atoms with Crippen LogP contribution in [0, 0.1) is 0 Å². The van der Waals surface area contributed by atoms with E-state index in [1.165, 1.54) is 4.70 Å². The Morgan fingerprint density at radius 2 is 2.09 bits per heavy atom. The van der Waals surface area contributed by atoms with Gasteiger partial charge in [-0.25, -0.2) is 4.98 Å². The molecule has 0 aliphatic heterocycles. The molecule has 1 nitrogen and oxygen atoms in total. The van der Waals surface area contributed by atoms with E-state index in [0.29, 0.717) is 0 Å². The average Bonchev–Trinajstić information content (AvgIpc) is 2.34. The third-order valence-corrected chi connectivity index (χ3v) is 3.57. The second kappa shape index (κ2) is 2.84. The zero-order valence-electron chi connectivity index (χ0n) is 5.34. The fourth-order valence-electron chi connectivity index (χ4n) is 0.895. The number of thiazole rings is 1. The summed E-state index contributed by atoms with van der Waals surface area (Å²) in [4.78, 5) is 4.20. The predicted octanol–water partition coefficient (Wildman–Crippen LogP) is 3.82. The van der Waals surface area contributed by atoms with Crippen LogP contribution in [0.25, 0.3) is 10.2 Å². The van der Waals surface area contributed by atoms with Crippen molar-refractivity contribution in [3.05, 3.63) is 26.6 Å². The summed E-state index contributed by atoms with van der Waals surface area (Å²) in [5.41, 5.74) is 2.89. The van der Waals surface area contributed by atoms with Crippen LogP contribution in [0.3, 0.4) is 0 Å². The lowest BCUT2D eigenvalue weighted by Crippen LogP contribution is -1.69. The van der Waals surface area contributed by atoms with Gasteiger partial charge in [-0.2, -0.15) is 0 Å². The Balaban J connectivity index is 2.91. The third-order valence-electron chi connectivity index (χ3n) is 1.35. The summed E-state index contributed by atoms with van der Waals surface area (Å²) < 4.78 is 3.36. The Hall–Kier alpha value is 0.0700. The molecular formula is C7H3Br2NS. The van der Waals surface area contributed by atoms with Crippen LogP contribution in [-0.2, 0) is 0 Å². The molecule has 0 bridgehead atoms. The van der Waals surface area contributed by atoms with E-state index < -0.39 is 0 Å². The largest absolute Gasteiger partial charge is 0.245 e. The van der Waals surface area contributed by atoms with Gasteiger partial charge >= 0.3 is 0 Å². The van der Waals surface area contributed by atoms with Crippen LogP contribution in [0.2, 0.25) is 0 Å². The first-order valence-corrected chi connectivity index (χ1v) is 5.42. The van der Waals surface area contributed by atoms with E-state index in [0.717, 1.165) is 14.5 Å². The molecule has 2 rings (SSSR count). The number of hydrogen-bond acceptors (Lipinski definition) is 2. The van der Waals surface area contributed by atoms with Gasteiger partial charge in [0.1, 0.15) is 0 Å².